The summed E-state index contributed by atoms with van der Waals surface area (Å²) in [5.41, 5.74) is 1.07. The molecule has 0 amide bonds. The van der Waals surface area contributed by atoms with Crippen LogP contribution in [0.2, 0.25) is 5.15 Å². The van der Waals surface area contributed by atoms with Crippen molar-refractivity contribution in [1.82, 2.24) is 24.6 Å². The molecule has 3 rings (SSSR count). The first-order chi connectivity index (χ1) is 8.83. The average molecular weight is 261 g/mol. The van der Waals surface area contributed by atoms with Crippen molar-refractivity contribution in [3.8, 4) is 0 Å². The zero-order chi connectivity index (χ0) is 12.4. The van der Waals surface area contributed by atoms with Crippen molar-refractivity contribution in [2.45, 2.75) is 6.54 Å². The standard InChI is InChI=1S/C11H9ClN6/c12-9-4-10(18-11(17-9)15-7-16-18)14-6-8-2-1-3-13-5-8/h1-5,7,14H,6H2. The molecule has 0 atom stereocenters. The van der Waals surface area contributed by atoms with E-state index in [4.69, 9.17) is 11.6 Å². The van der Waals surface area contributed by atoms with Crippen LogP contribution in [0.3, 0.4) is 0 Å². The topological polar surface area (TPSA) is 68.0 Å². The molecule has 90 valence electrons. The van der Waals surface area contributed by atoms with Crippen LogP contribution in [0.15, 0.2) is 36.9 Å². The predicted octanol–water partition coefficient (Wildman–Crippen LogP) is 1.78. The lowest BCUT2D eigenvalue weighted by atomic mass is 10.3. The molecule has 0 aliphatic rings. The van der Waals surface area contributed by atoms with E-state index in [0.29, 0.717) is 17.5 Å². The molecule has 3 aromatic heterocycles. The van der Waals surface area contributed by atoms with E-state index in [-0.39, 0.29) is 0 Å². The highest BCUT2D eigenvalue weighted by atomic mass is 35.5. The summed E-state index contributed by atoms with van der Waals surface area (Å²) in [6.45, 7) is 0.628. The summed E-state index contributed by atoms with van der Waals surface area (Å²) < 4.78 is 1.60. The maximum absolute atomic E-state index is 5.92. The molecule has 0 fully saturated rings. The van der Waals surface area contributed by atoms with Crippen molar-refractivity contribution in [2.24, 2.45) is 0 Å². The molecule has 0 aliphatic carbocycles. The molecule has 0 bridgehead atoms. The van der Waals surface area contributed by atoms with Gasteiger partial charge in [0.15, 0.2) is 0 Å². The summed E-state index contributed by atoms with van der Waals surface area (Å²) in [6.07, 6.45) is 4.98. The third kappa shape index (κ3) is 2.10. The molecule has 7 heteroatoms. The molecular weight excluding hydrogens is 252 g/mol. The molecule has 0 unspecified atom stereocenters. The maximum Gasteiger partial charge on any atom is 0.255 e. The smallest absolute Gasteiger partial charge is 0.255 e. The van der Waals surface area contributed by atoms with Crippen molar-refractivity contribution in [1.29, 1.82) is 0 Å². The Morgan fingerprint density at radius 2 is 2.33 bits per heavy atom. The molecule has 0 saturated carbocycles. The van der Waals surface area contributed by atoms with Crippen LogP contribution in [-0.2, 0) is 6.54 Å². The molecule has 18 heavy (non-hydrogen) atoms. The van der Waals surface area contributed by atoms with E-state index in [2.05, 4.69) is 25.4 Å². The summed E-state index contributed by atoms with van der Waals surface area (Å²) in [4.78, 5) is 12.1. The monoisotopic (exact) mass is 260 g/mol. The highest BCUT2D eigenvalue weighted by molar-refractivity contribution is 6.29. The van der Waals surface area contributed by atoms with Gasteiger partial charge in [-0.25, -0.2) is 0 Å². The lowest BCUT2D eigenvalue weighted by Gasteiger charge is -2.07. The van der Waals surface area contributed by atoms with Gasteiger partial charge in [0, 0.05) is 25.0 Å². The minimum absolute atomic E-state index is 0.379. The van der Waals surface area contributed by atoms with Gasteiger partial charge in [-0.05, 0) is 11.6 Å². The van der Waals surface area contributed by atoms with Gasteiger partial charge in [0.05, 0.1) is 0 Å². The van der Waals surface area contributed by atoms with Gasteiger partial charge in [-0.3, -0.25) is 4.98 Å². The molecule has 6 nitrogen and oxygen atoms in total. The lowest BCUT2D eigenvalue weighted by molar-refractivity contribution is 0.924. The van der Waals surface area contributed by atoms with Gasteiger partial charge in [0.2, 0.25) is 0 Å². The summed E-state index contributed by atoms with van der Waals surface area (Å²) >= 11 is 5.92. The van der Waals surface area contributed by atoms with Gasteiger partial charge in [-0.1, -0.05) is 17.7 Å². The molecule has 3 aromatic rings. The second kappa shape index (κ2) is 4.58. The number of halogens is 1. The highest BCUT2D eigenvalue weighted by Crippen LogP contribution is 2.15. The molecule has 1 N–H and O–H groups in total. The van der Waals surface area contributed by atoms with E-state index >= 15 is 0 Å². The Balaban J connectivity index is 1.88. The van der Waals surface area contributed by atoms with Crippen molar-refractivity contribution in [3.05, 3.63) is 47.6 Å². The van der Waals surface area contributed by atoms with Gasteiger partial charge in [-0.15, -0.1) is 0 Å². The Morgan fingerprint density at radius 3 is 3.17 bits per heavy atom. The lowest BCUT2D eigenvalue weighted by Crippen LogP contribution is -2.06. The number of aromatic nitrogens is 5. The number of nitrogens with zero attached hydrogens (tertiary/aromatic N) is 5. The predicted molar refractivity (Wildman–Crippen MR) is 67.4 cm³/mol. The third-order valence-electron chi connectivity index (χ3n) is 2.42. The van der Waals surface area contributed by atoms with Crippen LogP contribution in [-0.4, -0.2) is 24.6 Å². The van der Waals surface area contributed by atoms with Gasteiger partial charge < -0.3 is 5.32 Å². The highest BCUT2D eigenvalue weighted by Gasteiger charge is 2.05. The Morgan fingerprint density at radius 1 is 1.39 bits per heavy atom. The Labute approximate surface area is 108 Å². The Hall–Kier alpha value is -2.21. The molecular formula is C11H9ClN6. The van der Waals surface area contributed by atoms with Crippen LogP contribution in [0.4, 0.5) is 5.82 Å². The minimum Gasteiger partial charge on any atom is -0.366 e. The number of nitrogens with one attached hydrogen (secondary N) is 1. The molecule has 3 heterocycles. The van der Waals surface area contributed by atoms with Gasteiger partial charge >= 0.3 is 0 Å². The number of hydrogen-bond acceptors (Lipinski definition) is 5. The van der Waals surface area contributed by atoms with E-state index in [1.54, 1.807) is 23.0 Å². The first kappa shape index (κ1) is 10.9. The second-order valence-corrected chi connectivity index (χ2v) is 4.04. The second-order valence-electron chi connectivity index (χ2n) is 3.65. The number of rotatable bonds is 3. The zero-order valence-electron chi connectivity index (χ0n) is 9.29. The van der Waals surface area contributed by atoms with Crippen LogP contribution in [0.5, 0.6) is 0 Å². The van der Waals surface area contributed by atoms with Gasteiger partial charge in [0.1, 0.15) is 17.3 Å². The number of anilines is 1. The average Bonchev–Trinajstić information content (AvgIpc) is 2.85. The van der Waals surface area contributed by atoms with Crippen molar-refractivity contribution >= 4 is 23.2 Å². The number of fused-ring (bicyclic) bond motifs is 1. The van der Waals surface area contributed by atoms with Crippen LogP contribution in [0.25, 0.3) is 5.78 Å². The summed E-state index contributed by atoms with van der Waals surface area (Å²) in [5.74, 6) is 1.21. The first-order valence-electron chi connectivity index (χ1n) is 5.32. The zero-order valence-corrected chi connectivity index (χ0v) is 10.0. The minimum atomic E-state index is 0.379. The fraction of sp³-hybridized carbons (Fsp3) is 0.0909. The molecule has 0 aliphatic heterocycles. The van der Waals surface area contributed by atoms with Crippen LogP contribution < -0.4 is 5.32 Å². The fourth-order valence-electron chi connectivity index (χ4n) is 1.60. The largest absolute Gasteiger partial charge is 0.366 e. The van der Waals surface area contributed by atoms with E-state index in [0.717, 1.165) is 11.4 Å². The molecule has 0 aromatic carbocycles. The van der Waals surface area contributed by atoms with Crippen molar-refractivity contribution in [2.75, 3.05) is 5.32 Å². The van der Waals surface area contributed by atoms with Crippen molar-refractivity contribution in [3.63, 3.8) is 0 Å². The number of pyridine rings is 1. The van der Waals surface area contributed by atoms with E-state index in [9.17, 15) is 0 Å². The normalized spacial score (nSPS) is 10.7. The van der Waals surface area contributed by atoms with Gasteiger partial charge in [-0.2, -0.15) is 19.6 Å². The van der Waals surface area contributed by atoms with E-state index < -0.39 is 0 Å². The third-order valence-corrected chi connectivity index (χ3v) is 2.61. The molecule has 0 spiro atoms. The summed E-state index contributed by atoms with van der Waals surface area (Å²) in [6, 6.07) is 5.59. The summed E-state index contributed by atoms with van der Waals surface area (Å²) in [7, 11) is 0. The van der Waals surface area contributed by atoms with E-state index in [1.165, 1.54) is 6.33 Å². The quantitative estimate of drug-likeness (QED) is 0.727. The van der Waals surface area contributed by atoms with Gasteiger partial charge in [0.25, 0.3) is 5.78 Å². The maximum atomic E-state index is 5.92. The van der Waals surface area contributed by atoms with Crippen LogP contribution in [0.1, 0.15) is 5.56 Å². The summed E-state index contributed by atoms with van der Waals surface area (Å²) in [5, 5.41) is 7.68. The molecule has 0 saturated heterocycles. The van der Waals surface area contributed by atoms with E-state index in [1.807, 2.05) is 12.1 Å². The molecule has 0 radical (unpaired) electrons. The van der Waals surface area contributed by atoms with Crippen molar-refractivity contribution < 1.29 is 0 Å². The van der Waals surface area contributed by atoms with Crippen LogP contribution >= 0.6 is 11.6 Å². The SMILES string of the molecule is Clc1cc(NCc2cccnc2)n2ncnc2n1. The first-order valence-corrected chi connectivity index (χ1v) is 5.70. The fourth-order valence-corrected chi connectivity index (χ4v) is 1.78. The number of hydrogen-bond donors (Lipinski definition) is 1. The van der Waals surface area contributed by atoms with Crippen LogP contribution in [0, 0.1) is 0 Å². The Kier molecular flexibility index (Phi) is 2.77. The Bertz CT molecular complexity index is 666.